The van der Waals surface area contributed by atoms with Gasteiger partial charge in [-0.1, -0.05) is 32.0 Å². The Bertz CT molecular complexity index is 451. The van der Waals surface area contributed by atoms with Crippen LogP contribution in [0.3, 0.4) is 0 Å². The molecule has 1 aromatic heterocycles. The maximum Gasteiger partial charge on any atom is 0.136 e. The van der Waals surface area contributed by atoms with Crippen LogP contribution in [0.2, 0.25) is 0 Å². The van der Waals surface area contributed by atoms with Gasteiger partial charge in [-0.25, -0.2) is 4.98 Å². The molecule has 19 heavy (non-hydrogen) atoms. The van der Waals surface area contributed by atoms with E-state index in [1.54, 1.807) is 0 Å². The second-order valence-corrected chi connectivity index (χ2v) is 6.16. The molecule has 0 atom stereocenters. The second-order valence-electron chi connectivity index (χ2n) is 5.72. The highest BCUT2D eigenvalue weighted by Gasteiger charge is 2.18. The average molecular weight is 277 g/mol. The molecule has 4 heteroatoms. The minimum Gasteiger partial charge on any atom is -0.389 e. The van der Waals surface area contributed by atoms with Crippen molar-refractivity contribution < 1.29 is 0 Å². The average Bonchev–Trinajstić information content (AvgIpc) is 2.37. The van der Waals surface area contributed by atoms with Gasteiger partial charge in [0.2, 0.25) is 0 Å². The molecule has 0 bridgehead atoms. The van der Waals surface area contributed by atoms with Crippen LogP contribution in [0.15, 0.2) is 12.3 Å². The van der Waals surface area contributed by atoms with Crippen LogP contribution in [0.25, 0.3) is 0 Å². The molecule has 3 N–H and O–H groups in total. The molecule has 0 spiro atoms. The number of nitrogens with two attached hydrogens (primary N) is 1. The first-order chi connectivity index (χ1) is 9.08. The van der Waals surface area contributed by atoms with E-state index in [1.165, 1.54) is 25.7 Å². The van der Waals surface area contributed by atoms with Gasteiger partial charge in [-0.15, -0.1) is 0 Å². The summed E-state index contributed by atoms with van der Waals surface area (Å²) in [5.74, 6) is 2.48. The Morgan fingerprint density at radius 2 is 2.11 bits per heavy atom. The summed E-state index contributed by atoms with van der Waals surface area (Å²) in [5.41, 5.74) is 7.77. The maximum atomic E-state index is 5.79. The van der Waals surface area contributed by atoms with Crippen LogP contribution in [0.4, 0.5) is 5.82 Å². The molecule has 2 rings (SSSR count). The minimum absolute atomic E-state index is 0.422. The van der Waals surface area contributed by atoms with Crippen molar-refractivity contribution in [1.82, 2.24) is 4.98 Å². The summed E-state index contributed by atoms with van der Waals surface area (Å²) in [6.45, 7) is 5.33. The van der Waals surface area contributed by atoms with Gasteiger partial charge in [0, 0.05) is 12.7 Å². The molecular weight excluding hydrogens is 254 g/mol. The van der Waals surface area contributed by atoms with E-state index in [1.807, 2.05) is 19.2 Å². The Morgan fingerprint density at radius 3 is 2.74 bits per heavy atom. The monoisotopic (exact) mass is 277 g/mol. The normalized spacial score (nSPS) is 23.1. The van der Waals surface area contributed by atoms with E-state index >= 15 is 0 Å². The van der Waals surface area contributed by atoms with E-state index in [0.29, 0.717) is 4.99 Å². The van der Waals surface area contributed by atoms with Gasteiger partial charge in [0.15, 0.2) is 0 Å². The summed E-state index contributed by atoms with van der Waals surface area (Å²) in [7, 11) is 0. The zero-order valence-corrected chi connectivity index (χ0v) is 12.6. The first-order valence-electron chi connectivity index (χ1n) is 7.07. The summed E-state index contributed by atoms with van der Waals surface area (Å²) in [6, 6.07) is 1.95. The van der Waals surface area contributed by atoms with Crippen molar-refractivity contribution in [2.75, 3.05) is 11.9 Å². The van der Waals surface area contributed by atoms with Gasteiger partial charge in [0.25, 0.3) is 0 Å². The molecule has 0 unspecified atom stereocenters. The van der Waals surface area contributed by atoms with Crippen LogP contribution >= 0.6 is 12.2 Å². The third kappa shape index (κ3) is 3.66. The fourth-order valence-electron chi connectivity index (χ4n) is 2.78. The fraction of sp³-hybridized carbons (Fsp3) is 0.600. The maximum absolute atomic E-state index is 5.79. The third-order valence-corrected chi connectivity index (χ3v) is 4.30. The highest BCUT2D eigenvalue weighted by molar-refractivity contribution is 7.80. The lowest BCUT2D eigenvalue weighted by atomic mass is 9.83. The number of anilines is 1. The van der Waals surface area contributed by atoms with Gasteiger partial charge in [-0.3, -0.25) is 0 Å². The fourth-order valence-corrected chi connectivity index (χ4v) is 3.04. The predicted octanol–water partition coefficient (Wildman–Crippen LogP) is 3.26. The summed E-state index contributed by atoms with van der Waals surface area (Å²) in [4.78, 5) is 4.80. The van der Waals surface area contributed by atoms with E-state index in [0.717, 1.165) is 35.3 Å². The quantitative estimate of drug-likeness (QED) is 0.829. The van der Waals surface area contributed by atoms with Crippen LogP contribution in [-0.4, -0.2) is 16.5 Å². The van der Waals surface area contributed by atoms with E-state index < -0.39 is 0 Å². The lowest BCUT2D eigenvalue weighted by Gasteiger charge is -2.26. The molecule has 3 nitrogen and oxygen atoms in total. The molecule has 1 aliphatic carbocycles. The van der Waals surface area contributed by atoms with Crippen molar-refractivity contribution in [2.45, 2.75) is 39.5 Å². The van der Waals surface area contributed by atoms with Gasteiger partial charge in [0.05, 0.1) is 5.56 Å². The number of thiocarbonyl (C=S) groups is 1. The van der Waals surface area contributed by atoms with Crippen molar-refractivity contribution >= 4 is 23.0 Å². The van der Waals surface area contributed by atoms with E-state index in [9.17, 15) is 0 Å². The summed E-state index contributed by atoms with van der Waals surface area (Å²) >= 11 is 5.12. The van der Waals surface area contributed by atoms with Gasteiger partial charge in [-0.05, 0) is 43.2 Å². The number of hydrogen-bond donors (Lipinski definition) is 2. The topological polar surface area (TPSA) is 50.9 Å². The molecule has 0 saturated heterocycles. The number of aryl methyl sites for hydroxylation is 1. The smallest absolute Gasteiger partial charge is 0.136 e. The van der Waals surface area contributed by atoms with Crippen molar-refractivity contribution in [3.63, 3.8) is 0 Å². The molecular formula is C15H23N3S. The lowest BCUT2D eigenvalue weighted by Crippen LogP contribution is -2.22. The Morgan fingerprint density at radius 1 is 1.42 bits per heavy atom. The summed E-state index contributed by atoms with van der Waals surface area (Å²) in [5, 5.41) is 3.44. The highest BCUT2D eigenvalue weighted by Crippen LogP contribution is 2.28. The Hall–Kier alpha value is -1.16. The summed E-state index contributed by atoms with van der Waals surface area (Å²) < 4.78 is 0. The number of nitrogens with zero attached hydrogens (tertiary/aromatic N) is 1. The highest BCUT2D eigenvalue weighted by atomic mass is 32.1. The third-order valence-electron chi connectivity index (χ3n) is 4.10. The van der Waals surface area contributed by atoms with Crippen LogP contribution in [-0.2, 0) is 0 Å². The molecule has 0 radical (unpaired) electrons. The molecule has 1 aromatic rings. The number of hydrogen-bond acceptors (Lipinski definition) is 3. The molecule has 0 aromatic carbocycles. The predicted molar refractivity (Wildman–Crippen MR) is 84.5 cm³/mol. The van der Waals surface area contributed by atoms with Crippen LogP contribution < -0.4 is 11.1 Å². The molecule has 1 aliphatic rings. The first-order valence-corrected chi connectivity index (χ1v) is 7.48. The summed E-state index contributed by atoms with van der Waals surface area (Å²) in [6.07, 6.45) is 7.11. The standard InChI is InChI=1S/C15H23N3S/c1-10-3-5-12(6-4-10)9-18-15-13(14(16)19)11(2)7-8-17-15/h7-8,10,12H,3-6,9H2,1-2H3,(H2,16,19)(H,17,18). The van der Waals surface area contributed by atoms with E-state index in [4.69, 9.17) is 18.0 Å². The minimum atomic E-state index is 0.422. The van der Waals surface area contributed by atoms with Crippen LogP contribution in [0.5, 0.6) is 0 Å². The van der Waals surface area contributed by atoms with Crippen molar-refractivity contribution in [3.05, 3.63) is 23.4 Å². The lowest BCUT2D eigenvalue weighted by molar-refractivity contribution is 0.300. The van der Waals surface area contributed by atoms with Crippen LogP contribution in [0.1, 0.15) is 43.7 Å². The van der Waals surface area contributed by atoms with Crippen molar-refractivity contribution in [2.24, 2.45) is 17.6 Å². The SMILES string of the molecule is Cc1ccnc(NCC2CCC(C)CC2)c1C(N)=S. The molecule has 104 valence electrons. The molecule has 1 heterocycles. The second kappa shape index (κ2) is 6.33. The largest absolute Gasteiger partial charge is 0.389 e. The molecule has 1 fully saturated rings. The van der Waals surface area contributed by atoms with Gasteiger partial charge in [-0.2, -0.15) is 0 Å². The molecule has 1 saturated carbocycles. The Labute approximate surface area is 121 Å². The van der Waals surface area contributed by atoms with Crippen molar-refractivity contribution in [1.29, 1.82) is 0 Å². The van der Waals surface area contributed by atoms with E-state index in [-0.39, 0.29) is 0 Å². The van der Waals surface area contributed by atoms with Crippen LogP contribution in [0, 0.1) is 18.8 Å². The number of rotatable bonds is 4. The Kier molecular flexibility index (Phi) is 4.75. The van der Waals surface area contributed by atoms with Gasteiger partial charge < -0.3 is 11.1 Å². The Balaban J connectivity index is 2.00. The number of nitrogens with one attached hydrogen (secondary N) is 1. The first kappa shape index (κ1) is 14.3. The van der Waals surface area contributed by atoms with Gasteiger partial charge >= 0.3 is 0 Å². The molecule has 0 aliphatic heterocycles. The number of pyridine rings is 1. The van der Waals surface area contributed by atoms with E-state index in [2.05, 4.69) is 17.2 Å². The van der Waals surface area contributed by atoms with Gasteiger partial charge in [0.1, 0.15) is 10.8 Å². The zero-order chi connectivity index (χ0) is 13.8. The zero-order valence-electron chi connectivity index (χ0n) is 11.8. The van der Waals surface area contributed by atoms with Crippen molar-refractivity contribution in [3.8, 4) is 0 Å². The molecule has 0 amide bonds. The number of aromatic nitrogens is 1.